The average Bonchev–Trinajstić information content (AvgIpc) is 2.53. The zero-order chi connectivity index (χ0) is 15.7. The first kappa shape index (κ1) is 14.9. The number of rotatable bonds is 2. The van der Waals surface area contributed by atoms with E-state index < -0.39 is 11.9 Å². The van der Waals surface area contributed by atoms with Crippen LogP contribution < -0.4 is 4.74 Å². The summed E-state index contributed by atoms with van der Waals surface area (Å²) in [6, 6.07) is 5.26. The number of carboxylic acid groups (broad SMARTS) is 1. The number of likely N-dealkylation sites (tertiary alicyclic amines) is 1. The van der Waals surface area contributed by atoms with Crippen LogP contribution in [-0.4, -0.2) is 41.6 Å². The first-order valence-electron chi connectivity index (χ1n) is 7.19. The Morgan fingerprint density at radius 2 is 2.18 bits per heavy atom. The number of aliphatic carboxylic acids is 1. The van der Waals surface area contributed by atoms with Gasteiger partial charge in [-0.05, 0) is 37.1 Å². The molecule has 1 aromatic rings. The topological polar surface area (TPSA) is 66.8 Å². The van der Waals surface area contributed by atoms with Gasteiger partial charge in [0.05, 0.1) is 11.5 Å². The Labute approximate surface area is 133 Å². The summed E-state index contributed by atoms with van der Waals surface area (Å²) in [5.74, 6) is -0.785. The van der Waals surface area contributed by atoms with E-state index in [9.17, 15) is 9.59 Å². The molecule has 0 saturated carbocycles. The van der Waals surface area contributed by atoms with Gasteiger partial charge in [0.25, 0.3) is 5.91 Å². The number of carboxylic acids is 1. The highest BCUT2D eigenvalue weighted by Gasteiger charge is 2.30. The standard InChI is InChI=1S/C16H16ClNO4/c17-13-3-4-14-11(7-13)6-12(9-22-14)15(19)18-5-1-2-10(8-18)16(20)21/h3-4,6-7,10H,1-2,5,8-9H2,(H,20,21)/t10-/m0/s1. The van der Waals surface area contributed by atoms with Gasteiger partial charge in [0.15, 0.2) is 0 Å². The molecule has 1 atom stereocenters. The fraction of sp³-hybridized carbons (Fsp3) is 0.375. The van der Waals surface area contributed by atoms with Crippen molar-refractivity contribution >= 4 is 29.6 Å². The van der Waals surface area contributed by atoms with Crippen LogP contribution in [0.25, 0.3) is 6.08 Å². The monoisotopic (exact) mass is 321 g/mol. The molecule has 2 heterocycles. The zero-order valence-electron chi connectivity index (χ0n) is 11.9. The molecule has 2 aliphatic rings. The zero-order valence-corrected chi connectivity index (χ0v) is 12.7. The summed E-state index contributed by atoms with van der Waals surface area (Å²) in [6.07, 6.45) is 3.10. The van der Waals surface area contributed by atoms with Gasteiger partial charge in [-0.1, -0.05) is 11.6 Å². The van der Waals surface area contributed by atoms with Crippen LogP contribution in [0.5, 0.6) is 5.75 Å². The van der Waals surface area contributed by atoms with E-state index >= 15 is 0 Å². The summed E-state index contributed by atoms with van der Waals surface area (Å²) in [5, 5.41) is 9.70. The number of hydrogen-bond donors (Lipinski definition) is 1. The lowest BCUT2D eigenvalue weighted by atomic mass is 9.97. The van der Waals surface area contributed by atoms with Gasteiger partial charge in [-0.25, -0.2) is 0 Å². The maximum atomic E-state index is 12.6. The van der Waals surface area contributed by atoms with Gasteiger partial charge in [0.1, 0.15) is 12.4 Å². The van der Waals surface area contributed by atoms with Crippen LogP contribution in [-0.2, 0) is 9.59 Å². The van der Waals surface area contributed by atoms with Crippen LogP contribution in [0.4, 0.5) is 0 Å². The molecule has 1 fully saturated rings. The maximum Gasteiger partial charge on any atom is 0.308 e. The summed E-state index contributed by atoms with van der Waals surface area (Å²) < 4.78 is 5.59. The Bertz CT molecular complexity index is 656. The van der Waals surface area contributed by atoms with Crippen molar-refractivity contribution in [1.82, 2.24) is 4.90 Å². The number of benzene rings is 1. The molecule has 6 heteroatoms. The lowest BCUT2D eigenvalue weighted by Gasteiger charge is -2.32. The smallest absolute Gasteiger partial charge is 0.308 e. The summed E-state index contributed by atoms with van der Waals surface area (Å²) in [6.45, 7) is 1.04. The van der Waals surface area contributed by atoms with Crippen molar-refractivity contribution in [2.24, 2.45) is 5.92 Å². The van der Waals surface area contributed by atoms with E-state index in [-0.39, 0.29) is 19.1 Å². The van der Waals surface area contributed by atoms with E-state index in [4.69, 9.17) is 21.4 Å². The lowest BCUT2D eigenvalue weighted by Crippen LogP contribution is -2.43. The largest absolute Gasteiger partial charge is 0.488 e. The third-order valence-electron chi connectivity index (χ3n) is 4.02. The number of carbonyl (C=O) groups excluding carboxylic acids is 1. The number of amides is 1. The van der Waals surface area contributed by atoms with Gasteiger partial charge in [0.2, 0.25) is 0 Å². The molecule has 0 spiro atoms. The van der Waals surface area contributed by atoms with E-state index in [0.717, 1.165) is 5.56 Å². The molecule has 1 saturated heterocycles. The van der Waals surface area contributed by atoms with Gasteiger partial charge in [-0.2, -0.15) is 0 Å². The molecule has 1 N–H and O–H groups in total. The lowest BCUT2D eigenvalue weighted by molar-refractivity contribution is -0.145. The Morgan fingerprint density at radius 1 is 1.36 bits per heavy atom. The molecule has 0 unspecified atom stereocenters. The third kappa shape index (κ3) is 2.95. The number of nitrogens with zero attached hydrogens (tertiary/aromatic N) is 1. The van der Waals surface area contributed by atoms with Crippen LogP contribution in [0.2, 0.25) is 5.02 Å². The second kappa shape index (κ2) is 6.01. The van der Waals surface area contributed by atoms with Crippen LogP contribution in [0.1, 0.15) is 18.4 Å². The fourth-order valence-electron chi connectivity index (χ4n) is 2.84. The quantitative estimate of drug-likeness (QED) is 0.908. The number of hydrogen-bond acceptors (Lipinski definition) is 3. The number of halogens is 1. The molecule has 5 nitrogen and oxygen atoms in total. The van der Waals surface area contributed by atoms with Gasteiger partial charge in [-0.15, -0.1) is 0 Å². The van der Waals surface area contributed by atoms with Crippen LogP contribution in [0.15, 0.2) is 23.8 Å². The molecule has 2 aliphatic heterocycles. The minimum atomic E-state index is -0.844. The van der Waals surface area contributed by atoms with Crippen molar-refractivity contribution in [3.05, 3.63) is 34.4 Å². The minimum Gasteiger partial charge on any atom is -0.488 e. The van der Waals surface area contributed by atoms with Crippen LogP contribution in [0, 0.1) is 5.92 Å². The molecule has 22 heavy (non-hydrogen) atoms. The van der Waals surface area contributed by atoms with Gasteiger partial charge >= 0.3 is 5.97 Å². The van der Waals surface area contributed by atoms with Crippen molar-refractivity contribution in [2.45, 2.75) is 12.8 Å². The van der Waals surface area contributed by atoms with Crippen molar-refractivity contribution < 1.29 is 19.4 Å². The average molecular weight is 322 g/mol. The number of fused-ring (bicyclic) bond motifs is 1. The molecule has 3 rings (SSSR count). The maximum absolute atomic E-state index is 12.6. The Kier molecular flexibility index (Phi) is 4.07. The Morgan fingerprint density at radius 3 is 2.95 bits per heavy atom. The Balaban J connectivity index is 1.79. The van der Waals surface area contributed by atoms with E-state index in [2.05, 4.69) is 0 Å². The minimum absolute atomic E-state index is 0.156. The first-order chi connectivity index (χ1) is 10.5. The van der Waals surface area contributed by atoms with E-state index in [0.29, 0.717) is 35.7 Å². The summed E-state index contributed by atoms with van der Waals surface area (Å²) in [7, 11) is 0. The van der Waals surface area contributed by atoms with Gasteiger partial charge in [-0.3, -0.25) is 9.59 Å². The number of piperidine rings is 1. The third-order valence-corrected chi connectivity index (χ3v) is 4.25. The number of ether oxygens (including phenoxy) is 1. The summed E-state index contributed by atoms with van der Waals surface area (Å²) in [5.41, 5.74) is 1.30. The normalized spacial score (nSPS) is 20.7. The molecule has 0 aliphatic carbocycles. The summed E-state index contributed by atoms with van der Waals surface area (Å²) in [4.78, 5) is 25.3. The van der Waals surface area contributed by atoms with Crippen LogP contribution >= 0.6 is 11.6 Å². The van der Waals surface area contributed by atoms with Gasteiger partial charge in [0, 0.05) is 23.7 Å². The Hall–Kier alpha value is -2.01. The predicted molar refractivity (Wildman–Crippen MR) is 81.9 cm³/mol. The SMILES string of the molecule is O=C(O)[C@H]1CCCN(C(=O)C2=Cc3cc(Cl)ccc3OC2)C1. The molecular formula is C16H16ClNO4. The van der Waals surface area contributed by atoms with E-state index in [1.807, 2.05) is 0 Å². The molecule has 0 aromatic heterocycles. The highest BCUT2D eigenvalue weighted by atomic mass is 35.5. The molecule has 1 aromatic carbocycles. The first-order valence-corrected chi connectivity index (χ1v) is 7.57. The highest BCUT2D eigenvalue weighted by Crippen LogP contribution is 2.30. The van der Waals surface area contributed by atoms with Crippen LogP contribution in [0.3, 0.4) is 0 Å². The molecule has 0 bridgehead atoms. The summed E-state index contributed by atoms with van der Waals surface area (Å²) >= 11 is 5.96. The molecule has 116 valence electrons. The highest BCUT2D eigenvalue weighted by molar-refractivity contribution is 6.30. The van der Waals surface area contributed by atoms with Crippen molar-refractivity contribution in [2.75, 3.05) is 19.7 Å². The van der Waals surface area contributed by atoms with Crippen molar-refractivity contribution in [3.63, 3.8) is 0 Å². The second-order valence-corrected chi connectivity index (χ2v) is 6.01. The second-order valence-electron chi connectivity index (χ2n) is 5.57. The van der Waals surface area contributed by atoms with E-state index in [1.165, 1.54) is 0 Å². The van der Waals surface area contributed by atoms with E-state index in [1.54, 1.807) is 29.2 Å². The molecule has 1 amide bonds. The van der Waals surface area contributed by atoms with Crippen molar-refractivity contribution in [3.8, 4) is 5.75 Å². The number of carbonyl (C=O) groups is 2. The molecule has 0 radical (unpaired) electrons. The van der Waals surface area contributed by atoms with Gasteiger partial charge < -0.3 is 14.7 Å². The molecular weight excluding hydrogens is 306 g/mol. The predicted octanol–water partition coefficient (Wildman–Crippen LogP) is 2.44. The van der Waals surface area contributed by atoms with Crippen molar-refractivity contribution in [1.29, 1.82) is 0 Å². The fourth-order valence-corrected chi connectivity index (χ4v) is 3.02.